The Morgan fingerprint density at radius 3 is 2.61 bits per heavy atom. The number of anilines is 2. The first-order chi connectivity index (χ1) is 15.0. The van der Waals surface area contributed by atoms with Gasteiger partial charge in [-0.1, -0.05) is 47.1 Å². The maximum absolute atomic E-state index is 13.2. The summed E-state index contributed by atoms with van der Waals surface area (Å²) < 4.78 is 5.20. The van der Waals surface area contributed by atoms with Crippen molar-refractivity contribution in [1.29, 1.82) is 0 Å². The number of rotatable bonds is 5. The number of benzene rings is 3. The van der Waals surface area contributed by atoms with E-state index in [4.69, 9.17) is 27.9 Å². The molecule has 4 rings (SSSR count). The van der Waals surface area contributed by atoms with Crippen LogP contribution >= 0.6 is 35.0 Å². The molecule has 31 heavy (non-hydrogen) atoms. The van der Waals surface area contributed by atoms with Crippen LogP contribution in [0.2, 0.25) is 10.0 Å². The zero-order valence-corrected chi connectivity index (χ0v) is 18.9. The zero-order chi connectivity index (χ0) is 22.0. The van der Waals surface area contributed by atoms with Crippen molar-refractivity contribution in [2.45, 2.75) is 9.79 Å². The van der Waals surface area contributed by atoms with Gasteiger partial charge in [-0.15, -0.1) is 0 Å². The summed E-state index contributed by atoms with van der Waals surface area (Å²) in [5.74, 6) is -0.378. The summed E-state index contributed by atoms with van der Waals surface area (Å²) in [5.41, 5.74) is 2.43. The number of fused-ring (bicyclic) bond motifs is 2. The van der Waals surface area contributed by atoms with Gasteiger partial charge in [0.2, 0.25) is 0 Å². The fourth-order valence-electron chi connectivity index (χ4n) is 3.25. The monoisotopic (exact) mass is 472 g/mol. The van der Waals surface area contributed by atoms with Crippen molar-refractivity contribution in [3.8, 4) is 0 Å². The molecule has 0 fully saturated rings. The fourth-order valence-corrected chi connectivity index (χ4v) is 4.66. The molecule has 0 unspecified atom stereocenters. The van der Waals surface area contributed by atoms with Crippen LogP contribution in [0, 0.1) is 0 Å². The Hall–Kier alpha value is -2.51. The minimum Gasteiger partial charge on any atom is -0.383 e. The van der Waals surface area contributed by atoms with Crippen molar-refractivity contribution in [1.82, 2.24) is 0 Å². The lowest BCUT2D eigenvalue weighted by Crippen LogP contribution is -2.33. The first-order valence-corrected chi connectivity index (χ1v) is 11.0. The third-order valence-electron chi connectivity index (χ3n) is 4.79. The standard InChI is InChI=1S/C23H18Cl2N2O3S/c1-30-11-10-27-19-9-7-15(26-22(28)14-6-8-17(24)18(25)12-14)13-21(19)31-20-5-3-2-4-16(20)23(27)29/h2-9,12-13H,10-11H2,1H3,(H,26,28). The minimum atomic E-state index is -0.301. The highest BCUT2D eigenvalue weighted by molar-refractivity contribution is 7.99. The van der Waals surface area contributed by atoms with Crippen LogP contribution in [0.25, 0.3) is 0 Å². The van der Waals surface area contributed by atoms with Crippen molar-refractivity contribution in [3.63, 3.8) is 0 Å². The van der Waals surface area contributed by atoms with Gasteiger partial charge in [-0.2, -0.15) is 0 Å². The Morgan fingerprint density at radius 2 is 1.84 bits per heavy atom. The van der Waals surface area contributed by atoms with E-state index in [1.807, 2.05) is 36.4 Å². The summed E-state index contributed by atoms with van der Waals surface area (Å²) >= 11 is 13.5. The molecule has 1 aliphatic rings. The second-order valence-electron chi connectivity index (χ2n) is 6.81. The maximum Gasteiger partial charge on any atom is 0.259 e. The minimum absolute atomic E-state index is 0.0773. The smallest absolute Gasteiger partial charge is 0.259 e. The van der Waals surface area contributed by atoms with Gasteiger partial charge in [0.15, 0.2) is 0 Å². The molecule has 3 aromatic rings. The molecule has 158 valence electrons. The summed E-state index contributed by atoms with van der Waals surface area (Å²) in [6, 6.07) is 17.7. The van der Waals surface area contributed by atoms with Crippen LogP contribution in [0.1, 0.15) is 20.7 Å². The van der Waals surface area contributed by atoms with E-state index in [0.29, 0.717) is 40.0 Å². The topological polar surface area (TPSA) is 58.6 Å². The van der Waals surface area contributed by atoms with Crippen LogP contribution < -0.4 is 10.2 Å². The summed E-state index contributed by atoms with van der Waals surface area (Å²) in [5, 5.41) is 3.59. The lowest BCUT2D eigenvalue weighted by atomic mass is 10.1. The molecule has 1 aliphatic heterocycles. The van der Waals surface area contributed by atoms with E-state index in [1.54, 1.807) is 30.2 Å². The van der Waals surface area contributed by atoms with E-state index in [2.05, 4.69) is 5.32 Å². The van der Waals surface area contributed by atoms with Crippen molar-refractivity contribution in [3.05, 3.63) is 81.8 Å². The Balaban J connectivity index is 1.68. The normalized spacial score (nSPS) is 12.7. The summed E-state index contributed by atoms with van der Waals surface area (Å²) in [6.07, 6.45) is 0. The van der Waals surface area contributed by atoms with Gasteiger partial charge in [0.05, 0.1) is 27.9 Å². The molecule has 3 aromatic carbocycles. The van der Waals surface area contributed by atoms with Crippen molar-refractivity contribution in [2.75, 3.05) is 30.5 Å². The number of ether oxygens (including phenoxy) is 1. The molecular formula is C23H18Cl2N2O3S. The van der Waals surface area contributed by atoms with E-state index in [9.17, 15) is 9.59 Å². The van der Waals surface area contributed by atoms with Crippen LogP contribution in [0.5, 0.6) is 0 Å². The van der Waals surface area contributed by atoms with Gasteiger partial charge in [-0.05, 0) is 48.5 Å². The molecule has 0 aromatic heterocycles. The third kappa shape index (κ3) is 4.57. The van der Waals surface area contributed by atoms with E-state index < -0.39 is 0 Å². The Morgan fingerprint density at radius 1 is 1.03 bits per heavy atom. The predicted molar refractivity (Wildman–Crippen MR) is 125 cm³/mol. The van der Waals surface area contributed by atoms with Crippen LogP contribution in [0.15, 0.2) is 70.5 Å². The number of hydrogen-bond donors (Lipinski definition) is 1. The molecule has 1 N–H and O–H groups in total. The fraction of sp³-hybridized carbons (Fsp3) is 0.130. The molecule has 0 saturated heterocycles. The van der Waals surface area contributed by atoms with Gasteiger partial charge < -0.3 is 15.0 Å². The highest BCUT2D eigenvalue weighted by Crippen LogP contribution is 2.42. The summed E-state index contributed by atoms with van der Waals surface area (Å²) in [4.78, 5) is 29.3. The molecule has 0 saturated carbocycles. The highest BCUT2D eigenvalue weighted by atomic mass is 35.5. The van der Waals surface area contributed by atoms with Gasteiger partial charge >= 0.3 is 0 Å². The number of hydrogen-bond acceptors (Lipinski definition) is 4. The zero-order valence-electron chi connectivity index (χ0n) is 16.5. The number of halogens is 2. The third-order valence-corrected chi connectivity index (χ3v) is 6.65. The van der Waals surface area contributed by atoms with Crippen LogP contribution in [0.3, 0.4) is 0 Å². The summed E-state index contributed by atoms with van der Waals surface area (Å²) in [7, 11) is 1.60. The lowest BCUT2D eigenvalue weighted by molar-refractivity contribution is 0.0972. The van der Waals surface area contributed by atoms with Crippen molar-refractivity contribution in [2.24, 2.45) is 0 Å². The average Bonchev–Trinajstić information content (AvgIpc) is 2.88. The number of carbonyl (C=O) groups is 2. The number of nitrogens with one attached hydrogen (secondary N) is 1. The molecular weight excluding hydrogens is 455 g/mol. The summed E-state index contributed by atoms with van der Waals surface area (Å²) in [6.45, 7) is 0.833. The van der Waals surface area contributed by atoms with Crippen LogP contribution in [0.4, 0.5) is 11.4 Å². The lowest BCUT2D eigenvalue weighted by Gasteiger charge is -2.23. The maximum atomic E-state index is 13.2. The highest BCUT2D eigenvalue weighted by Gasteiger charge is 2.27. The molecule has 0 spiro atoms. The molecule has 1 heterocycles. The van der Waals surface area contributed by atoms with Crippen LogP contribution in [-0.4, -0.2) is 32.1 Å². The quantitative estimate of drug-likeness (QED) is 0.494. The average molecular weight is 473 g/mol. The largest absolute Gasteiger partial charge is 0.383 e. The first kappa shape index (κ1) is 21.7. The molecule has 5 nitrogen and oxygen atoms in total. The van der Waals surface area contributed by atoms with Crippen LogP contribution in [-0.2, 0) is 4.74 Å². The van der Waals surface area contributed by atoms with E-state index in [0.717, 1.165) is 15.5 Å². The number of amides is 2. The Kier molecular flexibility index (Phi) is 6.53. The second kappa shape index (κ2) is 9.32. The van der Waals surface area contributed by atoms with E-state index in [1.165, 1.54) is 17.8 Å². The van der Waals surface area contributed by atoms with E-state index >= 15 is 0 Å². The second-order valence-corrected chi connectivity index (χ2v) is 8.71. The van der Waals surface area contributed by atoms with Crippen molar-refractivity contribution >= 4 is 58.2 Å². The number of carbonyl (C=O) groups excluding carboxylic acids is 2. The van der Waals surface area contributed by atoms with Crippen molar-refractivity contribution < 1.29 is 14.3 Å². The van der Waals surface area contributed by atoms with E-state index in [-0.39, 0.29) is 11.8 Å². The molecule has 0 aliphatic carbocycles. The predicted octanol–water partition coefficient (Wildman–Crippen LogP) is 6.00. The molecule has 0 bridgehead atoms. The SMILES string of the molecule is COCCN1C(=O)c2ccccc2Sc2cc(NC(=O)c3ccc(Cl)c(Cl)c3)ccc21. The van der Waals surface area contributed by atoms with Gasteiger partial charge in [-0.3, -0.25) is 9.59 Å². The van der Waals surface area contributed by atoms with Gasteiger partial charge in [-0.25, -0.2) is 0 Å². The number of nitrogens with zero attached hydrogens (tertiary/aromatic N) is 1. The van der Waals surface area contributed by atoms with Gasteiger partial charge in [0, 0.05) is 34.7 Å². The van der Waals surface area contributed by atoms with Gasteiger partial charge in [0.25, 0.3) is 11.8 Å². The number of methoxy groups -OCH3 is 1. The molecule has 8 heteroatoms. The first-order valence-electron chi connectivity index (χ1n) is 9.46. The molecule has 0 atom stereocenters. The molecule has 0 radical (unpaired) electrons. The van der Waals surface area contributed by atoms with Gasteiger partial charge in [0.1, 0.15) is 0 Å². The Labute approximate surface area is 194 Å². The Bertz CT molecular complexity index is 1170. The molecule has 2 amide bonds.